The summed E-state index contributed by atoms with van der Waals surface area (Å²) in [5.74, 6) is 1.08. The summed E-state index contributed by atoms with van der Waals surface area (Å²) >= 11 is 6.67. The third-order valence-corrected chi connectivity index (χ3v) is 6.35. The normalized spacial score (nSPS) is 25.2. The van der Waals surface area contributed by atoms with Gasteiger partial charge in [-0.1, -0.05) is 18.0 Å². The van der Waals surface area contributed by atoms with Crippen LogP contribution in [-0.4, -0.2) is 29.2 Å². The summed E-state index contributed by atoms with van der Waals surface area (Å²) in [6.07, 6.45) is 9.98. The van der Waals surface area contributed by atoms with Crippen molar-refractivity contribution in [3.63, 3.8) is 0 Å². The van der Waals surface area contributed by atoms with Gasteiger partial charge in [-0.25, -0.2) is 4.68 Å². The minimum absolute atomic E-state index is 0.0648. The van der Waals surface area contributed by atoms with Gasteiger partial charge in [-0.15, -0.1) is 0 Å². The number of fused-ring (bicyclic) bond motifs is 2. The van der Waals surface area contributed by atoms with Crippen molar-refractivity contribution in [2.45, 2.75) is 43.6 Å². The first-order valence-corrected chi connectivity index (χ1v) is 9.46. The van der Waals surface area contributed by atoms with Crippen LogP contribution in [-0.2, 0) is 5.41 Å². The molecule has 1 saturated carbocycles. The standard InChI is InChI=1S/C19H22ClN5/c1-21-18-19(5-3-6-19)13-8-14(20)17(9-16(13)24-18)25-11-12(10-23-25)15-4-2-7-22-15/h8-11,15,22H,2-7H2,1H3,(H,21,24). The fourth-order valence-electron chi connectivity index (χ4n) is 4.54. The number of rotatable bonds is 2. The molecular formula is C19H22ClN5. The highest BCUT2D eigenvalue weighted by atomic mass is 35.5. The number of hydrogen-bond donors (Lipinski definition) is 2. The first-order chi connectivity index (χ1) is 12.2. The van der Waals surface area contributed by atoms with E-state index in [1.54, 1.807) is 0 Å². The molecule has 5 rings (SSSR count). The van der Waals surface area contributed by atoms with Crippen LogP contribution in [0, 0.1) is 0 Å². The van der Waals surface area contributed by atoms with Gasteiger partial charge < -0.3 is 10.6 Å². The lowest BCUT2D eigenvalue weighted by Crippen LogP contribution is -2.41. The number of anilines is 1. The molecule has 1 saturated heterocycles. The molecule has 5 nitrogen and oxygen atoms in total. The van der Waals surface area contributed by atoms with Gasteiger partial charge in [0.2, 0.25) is 0 Å². The van der Waals surface area contributed by atoms with Gasteiger partial charge in [-0.3, -0.25) is 4.99 Å². The van der Waals surface area contributed by atoms with Gasteiger partial charge in [0, 0.05) is 30.5 Å². The number of nitrogens with one attached hydrogen (secondary N) is 2. The smallest absolute Gasteiger partial charge is 0.111 e. The van der Waals surface area contributed by atoms with Crippen LogP contribution in [0.25, 0.3) is 5.69 Å². The summed E-state index contributed by atoms with van der Waals surface area (Å²) in [6, 6.07) is 4.65. The molecule has 2 N–H and O–H groups in total. The van der Waals surface area contributed by atoms with Crippen molar-refractivity contribution in [1.29, 1.82) is 0 Å². The molecule has 0 bridgehead atoms. The summed E-state index contributed by atoms with van der Waals surface area (Å²) in [6.45, 7) is 1.08. The number of halogens is 1. The second-order valence-electron chi connectivity index (χ2n) is 7.35. The van der Waals surface area contributed by atoms with Crippen molar-refractivity contribution in [2.75, 3.05) is 18.9 Å². The average molecular weight is 356 g/mol. The Hall–Kier alpha value is -1.85. The van der Waals surface area contributed by atoms with E-state index in [1.165, 1.54) is 30.4 Å². The second kappa shape index (κ2) is 5.58. The first-order valence-electron chi connectivity index (χ1n) is 9.08. The Labute approximate surface area is 152 Å². The van der Waals surface area contributed by atoms with E-state index >= 15 is 0 Å². The highest BCUT2D eigenvalue weighted by molar-refractivity contribution is 6.33. The van der Waals surface area contributed by atoms with Gasteiger partial charge in [0.1, 0.15) is 5.84 Å². The molecule has 3 aliphatic rings. The summed E-state index contributed by atoms with van der Waals surface area (Å²) in [5, 5.41) is 12.3. The van der Waals surface area contributed by atoms with Gasteiger partial charge >= 0.3 is 0 Å². The molecule has 1 aromatic heterocycles. The lowest BCUT2D eigenvalue weighted by molar-refractivity contribution is 0.347. The van der Waals surface area contributed by atoms with Crippen molar-refractivity contribution in [3.05, 3.63) is 40.7 Å². The van der Waals surface area contributed by atoms with Gasteiger partial charge in [0.15, 0.2) is 0 Å². The van der Waals surface area contributed by atoms with E-state index in [9.17, 15) is 0 Å². The molecule has 0 amide bonds. The summed E-state index contributed by atoms with van der Waals surface area (Å²) in [5.41, 5.74) is 4.63. The number of hydrogen-bond acceptors (Lipinski definition) is 3. The van der Waals surface area contributed by atoms with Crippen LogP contribution in [0.5, 0.6) is 0 Å². The number of amidine groups is 1. The van der Waals surface area contributed by atoms with Gasteiger partial charge in [-0.2, -0.15) is 5.10 Å². The molecule has 25 heavy (non-hydrogen) atoms. The minimum Gasteiger partial charge on any atom is -0.343 e. The van der Waals surface area contributed by atoms with Crippen LogP contribution in [0.1, 0.15) is 49.3 Å². The largest absolute Gasteiger partial charge is 0.343 e. The average Bonchev–Trinajstić information content (AvgIpc) is 3.30. The first kappa shape index (κ1) is 15.4. The zero-order valence-electron chi connectivity index (χ0n) is 14.3. The van der Waals surface area contributed by atoms with Gasteiger partial charge in [0.25, 0.3) is 0 Å². The maximum atomic E-state index is 6.67. The molecule has 1 atom stereocenters. The van der Waals surface area contributed by atoms with Crippen LogP contribution >= 0.6 is 11.6 Å². The topological polar surface area (TPSA) is 54.2 Å². The van der Waals surface area contributed by atoms with Crippen molar-refractivity contribution < 1.29 is 0 Å². The fourth-order valence-corrected chi connectivity index (χ4v) is 4.79. The Morgan fingerprint density at radius 2 is 2.20 bits per heavy atom. The number of benzene rings is 1. The lowest BCUT2D eigenvalue weighted by Gasteiger charge is -2.38. The Morgan fingerprint density at radius 1 is 1.32 bits per heavy atom. The minimum atomic E-state index is 0.0648. The predicted octanol–water partition coefficient (Wildman–Crippen LogP) is 3.83. The van der Waals surface area contributed by atoms with E-state index in [1.807, 2.05) is 17.9 Å². The molecule has 6 heteroatoms. The van der Waals surface area contributed by atoms with E-state index < -0.39 is 0 Å². The Balaban J connectivity index is 1.54. The quantitative estimate of drug-likeness (QED) is 0.860. The highest BCUT2D eigenvalue weighted by Crippen LogP contribution is 2.52. The molecule has 2 fully saturated rings. The molecule has 1 aromatic carbocycles. The molecule has 1 unspecified atom stereocenters. The van der Waals surface area contributed by atoms with Crippen molar-refractivity contribution in [2.24, 2.45) is 4.99 Å². The van der Waals surface area contributed by atoms with Crippen molar-refractivity contribution >= 4 is 23.1 Å². The van der Waals surface area contributed by atoms with Crippen LogP contribution in [0.2, 0.25) is 5.02 Å². The molecule has 3 heterocycles. The summed E-state index contributed by atoms with van der Waals surface area (Å²) in [7, 11) is 1.87. The third-order valence-electron chi connectivity index (χ3n) is 6.05. The fraction of sp³-hybridized carbons (Fsp3) is 0.474. The van der Waals surface area contributed by atoms with E-state index in [-0.39, 0.29) is 5.41 Å². The molecule has 2 aromatic rings. The van der Waals surface area contributed by atoms with Crippen LogP contribution in [0.15, 0.2) is 29.5 Å². The molecule has 1 aliphatic carbocycles. The Kier molecular flexibility index (Phi) is 3.44. The van der Waals surface area contributed by atoms with E-state index in [4.69, 9.17) is 11.6 Å². The molecule has 1 spiro atoms. The molecular weight excluding hydrogens is 334 g/mol. The predicted molar refractivity (Wildman–Crippen MR) is 101 cm³/mol. The molecule has 130 valence electrons. The lowest BCUT2D eigenvalue weighted by atomic mass is 9.65. The monoisotopic (exact) mass is 355 g/mol. The zero-order chi connectivity index (χ0) is 17.0. The second-order valence-corrected chi connectivity index (χ2v) is 7.76. The highest BCUT2D eigenvalue weighted by Gasteiger charge is 2.49. The molecule has 2 aliphatic heterocycles. The van der Waals surface area contributed by atoms with Gasteiger partial charge in [-0.05, 0) is 49.9 Å². The number of nitrogens with zero attached hydrogens (tertiary/aromatic N) is 3. The number of aromatic nitrogens is 2. The number of aliphatic imine (C=N–C) groups is 1. The van der Waals surface area contributed by atoms with Gasteiger partial charge in [0.05, 0.1) is 22.3 Å². The maximum Gasteiger partial charge on any atom is 0.111 e. The zero-order valence-corrected chi connectivity index (χ0v) is 15.1. The van der Waals surface area contributed by atoms with Crippen molar-refractivity contribution in [3.8, 4) is 5.69 Å². The van der Waals surface area contributed by atoms with Crippen LogP contribution < -0.4 is 10.6 Å². The SMILES string of the molecule is CN=C1Nc2cc(-n3cc(C4CCCN4)cn3)c(Cl)cc2C12CCC2. The maximum absolute atomic E-state index is 6.67. The Bertz CT molecular complexity index is 859. The molecule has 0 radical (unpaired) electrons. The van der Waals surface area contributed by atoms with E-state index in [2.05, 4.69) is 39.1 Å². The third kappa shape index (κ3) is 2.19. The summed E-state index contributed by atoms with van der Waals surface area (Å²) < 4.78 is 1.90. The van der Waals surface area contributed by atoms with Crippen LogP contribution in [0.4, 0.5) is 5.69 Å². The summed E-state index contributed by atoms with van der Waals surface area (Å²) in [4.78, 5) is 4.50. The Morgan fingerprint density at radius 3 is 2.88 bits per heavy atom. The van der Waals surface area contributed by atoms with Crippen molar-refractivity contribution in [1.82, 2.24) is 15.1 Å². The van der Waals surface area contributed by atoms with Crippen LogP contribution in [0.3, 0.4) is 0 Å². The van der Waals surface area contributed by atoms with E-state index in [0.717, 1.165) is 41.6 Å². The van der Waals surface area contributed by atoms with E-state index in [0.29, 0.717) is 6.04 Å².